The summed E-state index contributed by atoms with van der Waals surface area (Å²) in [5, 5.41) is 10.0. The highest BCUT2D eigenvalue weighted by Gasteiger charge is 2.00. The van der Waals surface area contributed by atoms with E-state index in [1.807, 2.05) is 0 Å². The Morgan fingerprint density at radius 2 is 2.23 bits per heavy atom. The molecular weight excluding hydrogens is 174 g/mol. The number of rotatable bonds is 5. The van der Waals surface area contributed by atoms with Crippen LogP contribution >= 0.6 is 0 Å². The van der Waals surface area contributed by atoms with Gasteiger partial charge in [-0.05, 0) is 18.9 Å². The van der Waals surface area contributed by atoms with Gasteiger partial charge in [-0.3, -0.25) is 14.9 Å². The van der Waals surface area contributed by atoms with Crippen LogP contribution in [0.1, 0.15) is 19.8 Å². The van der Waals surface area contributed by atoms with Crippen molar-refractivity contribution in [3.63, 3.8) is 0 Å². The minimum Gasteiger partial charge on any atom is -0.469 e. The van der Waals surface area contributed by atoms with Crippen molar-refractivity contribution in [3.8, 4) is 0 Å². The van der Waals surface area contributed by atoms with Crippen LogP contribution in [0.15, 0.2) is 11.6 Å². The molecule has 13 heavy (non-hydrogen) atoms. The summed E-state index contributed by atoms with van der Waals surface area (Å²) in [6.07, 6.45) is 2.44. The first kappa shape index (κ1) is 11.6. The summed E-state index contributed by atoms with van der Waals surface area (Å²) >= 11 is 0. The molecule has 0 radical (unpaired) electrons. The number of carbonyl (C=O) groups is 1. The first-order valence-corrected chi connectivity index (χ1v) is 3.90. The Morgan fingerprint density at radius 1 is 1.62 bits per heavy atom. The smallest absolute Gasteiger partial charge is 0.305 e. The highest BCUT2D eigenvalue weighted by atomic mass is 16.6. The number of esters is 1. The number of nitrogens with zero attached hydrogens (tertiary/aromatic N) is 1. The summed E-state index contributed by atoms with van der Waals surface area (Å²) < 4.78 is 4.41. The summed E-state index contributed by atoms with van der Waals surface area (Å²) in [7, 11) is 1.32. The SMILES string of the molecule is COC(=O)CC/C=C(\C)C[N+](=O)[O-]. The predicted octanol–water partition coefficient (Wildman–Crippen LogP) is 1.16. The van der Waals surface area contributed by atoms with Crippen molar-refractivity contribution < 1.29 is 14.5 Å². The van der Waals surface area contributed by atoms with Crippen LogP contribution in [0.5, 0.6) is 0 Å². The highest BCUT2D eigenvalue weighted by Crippen LogP contribution is 1.99. The molecule has 0 aliphatic heterocycles. The maximum absolute atomic E-state index is 10.6. The van der Waals surface area contributed by atoms with E-state index in [-0.39, 0.29) is 18.9 Å². The van der Waals surface area contributed by atoms with Crippen LogP contribution in [-0.2, 0) is 9.53 Å². The molecule has 0 aromatic rings. The monoisotopic (exact) mass is 187 g/mol. The van der Waals surface area contributed by atoms with Gasteiger partial charge < -0.3 is 4.74 Å². The summed E-state index contributed by atoms with van der Waals surface area (Å²) in [5.41, 5.74) is 0.661. The Labute approximate surface area is 76.5 Å². The molecule has 0 heterocycles. The minimum atomic E-state index is -0.399. The van der Waals surface area contributed by atoms with Crippen LogP contribution in [0.3, 0.4) is 0 Å². The third-order valence-electron chi connectivity index (χ3n) is 1.45. The molecular formula is C8H13NO4. The molecule has 0 aliphatic carbocycles. The van der Waals surface area contributed by atoms with Gasteiger partial charge >= 0.3 is 5.97 Å². The van der Waals surface area contributed by atoms with E-state index in [2.05, 4.69) is 4.74 Å². The highest BCUT2D eigenvalue weighted by molar-refractivity contribution is 5.69. The van der Waals surface area contributed by atoms with E-state index in [9.17, 15) is 14.9 Å². The molecule has 0 saturated carbocycles. The number of carbonyl (C=O) groups excluding carboxylic acids is 1. The Bertz CT molecular complexity index is 222. The Balaban J connectivity index is 3.71. The molecule has 0 aromatic carbocycles. The molecule has 0 aromatic heterocycles. The average Bonchev–Trinajstić information content (AvgIpc) is 2.02. The predicted molar refractivity (Wildman–Crippen MR) is 46.9 cm³/mol. The molecule has 5 nitrogen and oxygen atoms in total. The molecule has 0 fully saturated rings. The second kappa shape index (κ2) is 6.16. The molecule has 0 amide bonds. The minimum absolute atomic E-state index is 0.166. The first-order valence-electron chi connectivity index (χ1n) is 3.90. The lowest BCUT2D eigenvalue weighted by Crippen LogP contribution is -2.02. The number of ether oxygens (including phenoxy) is 1. The van der Waals surface area contributed by atoms with E-state index in [1.54, 1.807) is 13.0 Å². The van der Waals surface area contributed by atoms with Crippen LogP contribution < -0.4 is 0 Å². The molecule has 74 valence electrons. The zero-order valence-corrected chi connectivity index (χ0v) is 7.78. The lowest BCUT2D eigenvalue weighted by molar-refractivity contribution is -0.470. The summed E-state index contributed by atoms with van der Waals surface area (Å²) in [6, 6.07) is 0. The van der Waals surface area contributed by atoms with Gasteiger partial charge in [-0.25, -0.2) is 0 Å². The molecule has 0 aliphatic rings. The normalized spacial score (nSPS) is 11.1. The number of methoxy groups -OCH3 is 1. The maximum Gasteiger partial charge on any atom is 0.305 e. The van der Waals surface area contributed by atoms with Crippen LogP contribution in [0.25, 0.3) is 0 Å². The van der Waals surface area contributed by atoms with Crippen LogP contribution in [0.2, 0.25) is 0 Å². The van der Waals surface area contributed by atoms with E-state index >= 15 is 0 Å². The van der Waals surface area contributed by atoms with Gasteiger partial charge in [0.05, 0.1) is 7.11 Å². The van der Waals surface area contributed by atoms with Crippen molar-refractivity contribution in [2.75, 3.05) is 13.7 Å². The second-order valence-corrected chi connectivity index (χ2v) is 2.66. The summed E-state index contributed by atoms with van der Waals surface area (Å²) in [4.78, 5) is 20.3. The molecule has 0 N–H and O–H groups in total. The van der Waals surface area contributed by atoms with E-state index < -0.39 is 4.92 Å². The Morgan fingerprint density at radius 3 is 2.69 bits per heavy atom. The largest absolute Gasteiger partial charge is 0.469 e. The zero-order valence-electron chi connectivity index (χ0n) is 7.78. The molecule has 0 atom stereocenters. The molecule has 0 spiro atoms. The Kier molecular flexibility index (Phi) is 5.50. The van der Waals surface area contributed by atoms with Crippen LogP contribution in [0.4, 0.5) is 0 Å². The van der Waals surface area contributed by atoms with Crippen molar-refractivity contribution in [1.82, 2.24) is 0 Å². The summed E-state index contributed by atoms with van der Waals surface area (Å²) in [5.74, 6) is -0.301. The zero-order chi connectivity index (χ0) is 10.3. The van der Waals surface area contributed by atoms with Gasteiger partial charge in [-0.2, -0.15) is 0 Å². The van der Waals surface area contributed by atoms with Gasteiger partial charge in [0, 0.05) is 11.3 Å². The number of hydrogen-bond donors (Lipinski definition) is 0. The van der Waals surface area contributed by atoms with Crippen molar-refractivity contribution in [3.05, 3.63) is 21.8 Å². The maximum atomic E-state index is 10.6. The van der Waals surface area contributed by atoms with E-state index in [0.717, 1.165) is 0 Å². The van der Waals surface area contributed by atoms with Gasteiger partial charge in [-0.1, -0.05) is 6.08 Å². The van der Waals surface area contributed by atoms with Crippen LogP contribution in [0, 0.1) is 10.1 Å². The fourth-order valence-corrected chi connectivity index (χ4v) is 0.807. The van der Waals surface area contributed by atoms with Gasteiger partial charge in [-0.15, -0.1) is 0 Å². The van der Waals surface area contributed by atoms with Gasteiger partial charge in [0.2, 0.25) is 6.54 Å². The fraction of sp³-hybridized carbons (Fsp3) is 0.625. The van der Waals surface area contributed by atoms with Crippen LogP contribution in [-0.4, -0.2) is 24.5 Å². The van der Waals surface area contributed by atoms with E-state index in [1.165, 1.54) is 7.11 Å². The number of allylic oxidation sites excluding steroid dienone is 1. The van der Waals surface area contributed by atoms with Crippen molar-refractivity contribution in [2.45, 2.75) is 19.8 Å². The van der Waals surface area contributed by atoms with Crippen molar-refractivity contribution in [1.29, 1.82) is 0 Å². The molecule has 0 unspecified atom stereocenters. The standard InChI is InChI=1S/C8H13NO4/c1-7(6-9(11)12)4-3-5-8(10)13-2/h4H,3,5-6H2,1-2H3/b7-4+. The van der Waals surface area contributed by atoms with Gasteiger partial charge in [0.1, 0.15) is 0 Å². The molecule has 0 saturated heterocycles. The molecule has 5 heteroatoms. The fourth-order valence-electron chi connectivity index (χ4n) is 0.807. The van der Waals surface area contributed by atoms with Crippen molar-refractivity contribution >= 4 is 5.97 Å². The molecule has 0 rings (SSSR count). The lowest BCUT2D eigenvalue weighted by atomic mass is 10.2. The average molecular weight is 187 g/mol. The number of hydrogen-bond acceptors (Lipinski definition) is 4. The quantitative estimate of drug-likeness (QED) is 0.280. The summed E-state index contributed by atoms with van der Waals surface area (Å²) in [6.45, 7) is 1.50. The first-order chi connectivity index (χ1) is 6.06. The third kappa shape index (κ3) is 6.99. The molecule has 0 bridgehead atoms. The second-order valence-electron chi connectivity index (χ2n) is 2.66. The Hall–Kier alpha value is -1.39. The van der Waals surface area contributed by atoms with E-state index in [0.29, 0.717) is 12.0 Å². The van der Waals surface area contributed by atoms with Crippen molar-refractivity contribution in [2.24, 2.45) is 0 Å². The van der Waals surface area contributed by atoms with Gasteiger partial charge in [0.25, 0.3) is 0 Å². The number of nitro groups is 1. The van der Waals surface area contributed by atoms with Gasteiger partial charge in [0.15, 0.2) is 0 Å². The topological polar surface area (TPSA) is 69.4 Å². The lowest BCUT2D eigenvalue weighted by Gasteiger charge is -1.96. The third-order valence-corrected chi connectivity index (χ3v) is 1.45. The van der Waals surface area contributed by atoms with E-state index in [4.69, 9.17) is 0 Å².